The molecule has 0 radical (unpaired) electrons. The van der Waals surface area contributed by atoms with Crippen molar-refractivity contribution in [1.29, 1.82) is 0 Å². The van der Waals surface area contributed by atoms with Crippen LogP contribution in [0.4, 0.5) is 0 Å². The largest absolute Gasteiger partial charge is 0.486 e. The number of nitrogens with one attached hydrogen (secondary N) is 1. The molecular weight excluding hydrogens is 457 g/mol. The molecule has 0 bridgehead atoms. The van der Waals surface area contributed by atoms with Gasteiger partial charge in [-0.15, -0.1) is 0 Å². The first-order valence-corrected chi connectivity index (χ1v) is 11.9. The molecule has 3 rings (SSSR count). The molecule has 1 atom stereocenters. The summed E-state index contributed by atoms with van der Waals surface area (Å²) in [6.45, 7) is 7.57. The van der Waals surface area contributed by atoms with Crippen molar-refractivity contribution in [2.45, 2.75) is 33.3 Å². The van der Waals surface area contributed by atoms with Gasteiger partial charge >= 0.3 is 21.2 Å². The van der Waals surface area contributed by atoms with E-state index in [9.17, 15) is 0 Å². The van der Waals surface area contributed by atoms with Crippen LogP contribution in [0.3, 0.4) is 0 Å². The molecular formula is C25H29INO+. The van der Waals surface area contributed by atoms with Crippen molar-refractivity contribution in [1.82, 2.24) is 5.32 Å². The first kappa shape index (κ1) is 20.9. The number of aryl methyl sites for hydroxylation is 3. The monoisotopic (exact) mass is 486 g/mol. The first-order valence-electron chi connectivity index (χ1n) is 9.76. The minimum absolute atomic E-state index is 0.0655. The van der Waals surface area contributed by atoms with E-state index < -0.39 is 0 Å². The molecule has 0 aliphatic rings. The van der Waals surface area contributed by atoms with Gasteiger partial charge < -0.3 is 10.1 Å². The van der Waals surface area contributed by atoms with Crippen molar-refractivity contribution in [3.8, 4) is 5.75 Å². The highest BCUT2D eigenvalue weighted by Crippen LogP contribution is 2.24. The van der Waals surface area contributed by atoms with Gasteiger partial charge in [-0.3, -0.25) is 0 Å². The fourth-order valence-corrected chi connectivity index (χ4v) is 5.90. The molecule has 0 heterocycles. The van der Waals surface area contributed by atoms with E-state index in [1.807, 2.05) is 13.1 Å². The molecule has 0 aliphatic heterocycles. The van der Waals surface area contributed by atoms with E-state index in [-0.39, 0.29) is 27.3 Å². The predicted molar refractivity (Wildman–Crippen MR) is 113 cm³/mol. The Bertz CT molecular complexity index is 867. The van der Waals surface area contributed by atoms with E-state index in [4.69, 9.17) is 4.74 Å². The maximum Gasteiger partial charge on any atom is 0.358 e. The van der Waals surface area contributed by atoms with Crippen molar-refractivity contribution in [2.75, 3.05) is 13.6 Å². The molecule has 0 saturated carbocycles. The van der Waals surface area contributed by atoms with Gasteiger partial charge in [0.2, 0.25) is 0 Å². The van der Waals surface area contributed by atoms with Gasteiger partial charge in [-0.05, 0) is 64.2 Å². The minimum atomic E-state index is -0.181. The average Bonchev–Trinajstić information content (AvgIpc) is 2.69. The topological polar surface area (TPSA) is 21.3 Å². The summed E-state index contributed by atoms with van der Waals surface area (Å²) < 4.78 is 9.30. The van der Waals surface area contributed by atoms with E-state index in [2.05, 4.69) is 86.8 Å². The van der Waals surface area contributed by atoms with Crippen LogP contribution in [0.5, 0.6) is 5.75 Å². The lowest BCUT2D eigenvalue weighted by molar-refractivity contribution is -0.598. The maximum atomic E-state index is 6.34. The summed E-state index contributed by atoms with van der Waals surface area (Å²) in [6, 6.07) is 23.8. The number of benzene rings is 3. The molecule has 0 aromatic heterocycles. The molecule has 0 saturated heterocycles. The third-order valence-corrected chi connectivity index (χ3v) is 8.29. The van der Waals surface area contributed by atoms with Crippen LogP contribution in [0.25, 0.3) is 0 Å². The Balaban J connectivity index is 1.73. The van der Waals surface area contributed by atoms with Gasteiger partial charge in [-0.1, -0.05) is 48.0 Å². The van der Waals surface area contributed by atoms with Crippen LogP contribution in [-0.4, -0.2) is 13.6 Å². The quantitative estimate of drug-likeness (QED) is 0.495. The van der Waals surface area contributed by atoms with Crippen LogP contribution in [-0.2, 0) is 0 Å². The Morgan fingerprint density at radius 3 is 2.14 bits per heavy atom. The molecule has 2 nitrogen and oxygen atoms in total. The van der Waals surface area contributed by atoms with Crippen molar-refractivity contribution in [2.24, 2.45) is 0 Å². The molecule has 0 aliphatic carbocycles. The predicted octanol–water partition coefficient (Wildman–Crippen LogP) is 2.47. The molecule has 1 N–H and O–H groups in total. The van der Waals surface area contributed by atoms with Gasteiger partial charge in [-0.25, -0.2) is 0 Å². The van der Waals surface area contributed by atoms with Crippen LogP contribution in [0.2, 0.25) is 0 Å². The lowest BCUT2D eigenvalue weighted by Gasteiger charge is -2.19. The second kappa shape index (κ2) is 10.1. The number of halogens is 1. The highest BCUT2D eigenvalue weighted by atomic mass is 127. The Morgan fingerprint density at radius 2 is 1.54 bits per heavy atom. The van der Waals surface area contributed by atoms with Crippen LogP contribution < -0.4 is 31.3 Å². The van der Waals surface area contributed by atoms with Gasteiger partial charge in [-0.2, -0.15) is 0 Å². The Labute approximate surface area is 179 Å². The van der Waals surface area contributed by atoms with Gasteiger partial charge in [0.15, 0.2) is 7.14 Å². The third kappa shape index (κ3) is 5.58. The molecule has 0 fully saturated rings. The van der Waals surface area contributed by atoms with Gasteiger partial charge in [0.25, 0.3) is 0 Å². The Hall–Kier alpha value is -1.85. The van der Waals surface area contributed by atoms with Crippen LogP contribution in [0, 0.1) is 27.9 Å². The zero-order valence-electron chi connectivity index (χ0n) is 17.1. The fourth-order valence-electron chi connectivity index (χ4n) is 3.40. The zero-order valence-corrected chi connectivity index (χ0v) is 19.3. The van der Waals surface area contributed by atoms with E-state index >= 15 is 0 Å². The fraction of sp³-hybridized carbons (Fsp3) is 0.280. The molecule has 146 valence electrons. The van der Waals surface area contributed by atoms with E-state index in [0.717, 1.165) is 18.7 Å². The summed E-state index contributed by atoms with van der Waals surface area (Å²) in [4.78, 5) is 0. The molecule has 3 aromatic carbocycles. The molecule has 0 spiro atoms. The summed E-state index contributed by atoms with van der Waals surface area (Å²) in [5, 5.41) is 3.23. The molecule has 3 aromatic rings. The highest BCUT2D eigenvalue weighted by molar-refractivity contribution is 5.28. The number of hydrogen-bond donors (Lipinski definition) is 1. The highest BCUT2D eigenvalue weighted by Gasteiger charge is 2.21. The Kier molecular flexibility index (Phi) is 7.51. The zero-order chi connectivity index (χ0) is 19.9. The average molecular weight is 486 g/mol. The summed E-state index contributed by atoms with van der Waals surface area (Å²) in [7, 11) is 1.98. The second-order valence-electron chi connectivity index (χ2n) is 7.17. The van der Waals surface area contributed by atoms with Gasteiger partial charge in [0.1, 0.15) is 11.9 Å². The van der Waals surface area contributed by atoms with Crippen molar-refractivity contribution in [3.63, 3.8) is 0 Å². The van der Waals surface area contributed by atoms with E-state index in [1.165, 1.54) is 29.4 Å². The number of hydrogen-bond acceptors (Lipinski definition) is 2. The van der Waals surface area contributed by atoms with Crippen LogP contribution >= 0.6 is 0 Å². The summed E-state index contributed by atoms with van der Waals surface area (Å²) in [5.41, 5.74) is 5.41. The van der Waals surface area contributed by atoms with Crippen LogP contribution in [0.1, 0.15) is 34.8 Å². The lowest BCUT2D eigenvalue weighted by Crippen LogP contribution is -3.62. The summed E-state index contributed by atoms with van der Waals surface area (Å²) in [5.74, 6) is 0.940. The summed E-state index contributed by atoms with van der Waals surface area (Å²) in [6.07, 6.45) is 1.01. The van der Waals surface area contributed by atoms with E-state index in [0.29, 0.717) is 0 Å². The third-order valence-electron chi connectivity index (χ3n) is 4.70. The van der Waals surface area contributed by atoms with Crippen molar-refractivity contribution < 1.29 is 25.9 Å². The maximum absolute atomic E-state index is 6.34. The van der Waals surface area contributed by atoms with Crippen molar-refractivity contribution >= 4 is 0 Å². The van der Waals surface area contributed by atoms with Gasteiger partial charge in [0.05, 0.1) is 0 Å². The minimum Gasteiger partial charge on any atom is -0.486 e. The number of ether oxygens (including phenoxy) is 1. The molecule has 3 heteroatoms. The smallest absolute Gasteiger partial charge is 0.358 e. The second-order valence-corrected chi connectivity index (χ2v) is 10.0. The number of rotatable bonds is 8. The first-order chi connectivity index (χ1) is 13.6. The molecule has 1 unspecified atom stereocenters. The Morgan fingerprint density at radius 1 is 0.893 bits per heavy atom. The van der Waals surface area contributed by atoms with Crippen molar-refractivity contribution in [3.05, 3.63) is 96.1 Å². The SMILES string of the molecule is CNCCC(Oc1ccc([I+]c2c(C)cc(C)cc2C)cc1)c1ccccc1. The summed E-state index contributed by atoms with van der Waals surface area (Å²) >= 11 is -0.181. The van der Waals surface area contributed by atoms with Crippen LogP contribution in [0.15, 0.2) is 66.7 Å². The molecule has 28 heavy (non-hydrogen) atoms. The molecule has 0 amide bonds. The van der Waals surface area contributed by atoms with Gasteiger partial charge in [0, 0.05) is 17.5 Å². The normalized spacial score (nSPS) is 12.0. The van der Waals surface area contributed by atoms with E-state index in [1.54, 1.807) is 0 Å². The standard InChI is InChI=1S/C25H29INO/c1-18-16-19(2)25(20(3)17-18)26-22-10-12-23(13-11-22)28-24(14-15-27-4)21-8-6-5-7-9-21/h5-13,16-17,24,27H,14-15H2,1-4H3/q+1. The lowest BCUT2D eigenvalue weighted by atomic mass is 10.1.